The van der Waals surface area contributed by atoms with Crippen LogP contribution in [-0.4, -0.2) is 19.7 Å². The van der Waals surface area contributed by atoms with Gasteiger partial charge < -0.3 is 18.9 Å². The summed E-state index contributed by atoms with van der Waals surface area (Å²) in [5.41, 5.74) is 2.94. The van der Waals surface area contributed by atoms with Gasteiger partial charge in [-0.05, 0) is 62.4 Å². The van der Waals surface area contributed by atoms with Gasteiger partial charge in [0.25, 0.3) is 0 Å². The third-order valence-electron chi connectivity index (χ3n) is 5.92. The number of aryl methyl sites for hydroxylation is 2. The van der Waals surface area contributed by atoms with Gasteiger partial charge in [0.05, 0.1) is 11.4 Å². The van der Waals surface area contributed by atoms with Crippen LogP contribution >= 0.6 is 0 Å². The van der Waals surface area contributed by atoms with Crippen LogP contribution in [-0.2, 0) is 0 Å². The first kappa shape index (κ1) is 25.6. The monoisotopic (exact) mass is 542 g/mol. The van der Waals surface area contributed by atoms with Gasteiger partial charge >= 0.3 is 0 Å². The summed E-state index contributed by atoms with van der Waals surface area (Å²) in [5, 5.41) is 4.56. The van der Waals surface area contributed by atoms with Crippen molar-refractivity contribution in [3.8, 4) is 52.1 Å². The molecule has 3 aromatic heterocycles. The molecule has 0 fully saturated rings. The zero-order chi connectivity index (χ0) is 28.0. The Labute approximate surface area is 237 Å². The van der Waals surface area contributed by atoms with E-state index in [1.165, 1.54) is 0 Å². The Balaban J connectivity index is 1.13. The largest absolute Gasteiger partial charge is 0.457 e. The van der Waals surface area contributed by atoms with Crippen molar-refractivity contribution < 1.29 is 18.9 Å². The number of aromatic nitrogens is 4. The molecule has 0 amide bonds. The van der Waals surface area contributed by atoms with E-state index in [4.69, 9.17) is 18.9 Å². The first-order valence-corrected chi connectivity index (χ1v) is 13.0. The van der Waals surface area contributed by atoms with Crippen molar-refractivity contribution in [2.75, 3.05) is 0 Å². The molecule has 0 aliphatic carbocycles. The van der Waals surface area contributed by atoms with E-state index in [0.717, 1.165) is 17.1 Å². The quantitative estimate of drug-likeness (QED) is 0.181. The van der Waals surface area contributed by atoms with Crippen molar-refractivity contribution in [1.29, 1.82) is 0 Å². The van der Waals surface area contributed by atoms with Gasteiger partial charge in [-0.15, -0.1) is 0 Å². The molecule has 0 atom stereocenters. The number of rotatable bonds is 9. The normalized spacial score (nSPS) is 10.7. The fraction of sp³-hybridized carbons (Fsp3) is 0.0606. The summed E-state index contributed by atoms with van der Waals surface area (Å²) in [7, 11) is 0. The van der Waals surface area contributed by atoms with Crippen molar-refractivity contribution in [3.05, 3.63) is 133 Å². The van der Waals surface area contributed by atoms with Crippen LogP contribution in [0.15, 0.2) is 121 Å². The molecule has 0 saturated carbocycles. The van der Waals surface area contributed by atoms with E-state index in [0.29, 0.717) is 46.4 Å². The Kier molecular flexibility index (Phi) is 7.27. The van der Waals surface area contributed by atoms with Crippen LogP contribution in [0.1, 0.15) is 11.4 Å². The molecule has 0 unspecified atom stereocenters. The summed E-state index contributed by atoms with van der Waals surface area (Å²) < 4.78 is 25.8. The standard InChI is InChI=1S/C33H26N4O4/c1-23-19-24(2)37(36-23)25-9-5-10-26(20-25)38-27-11-6-13-29(21-27)40-32-16-8-17-33(35-32)41-30-14-7-12-28(22-30)39-31-15-3-4-18-34-31/h3-22H,1-2H3. The van der Waals surface area contributed by atoms with E-state index < -0.39 is 0 Å². The van der Waals surface area contributed by atoms with Gasteiger partial charge in [-0.1, -0.05) is 30.3 Å². The number of nitrogens with zero attached hydrogens (tertiary/aromatic N) is 4. The van der Waals surface area contributed by atoms with Crippen LogP contribution in [0.2, 0.25) is 0 Å². The predicted molar refractivity (Wildman–Crippen MR) is 155 cm³/mol. The van der Waals surface area contributed by atoms with Crippen molar-refractivity contribution in [3.63, 3.8) is 0 Å². The van der Waals surface area contributed by atoms with Crippen molar-refractivity contribution >= 4 is 0 Å². The Hall–Kier alpha value is -5.63. The fourth-order valence-corrected chi connectivity index (χ4v) is 4.19. The van der Waals surface area contributed by atoms with Crippen LogP contribution in [0, 0.1) is 13.8 Å². The summed E-state index contributed by atoms with van der Waals surface area (Å²) in [6.45, 7) is 4.00. The molecule has 202 valence electrons. The van der Waals surface area contributed by atoms with E-state index in [-0.39, 0.29) is 0 Å². The lowest BCUT2D eigenvalue weighted by Crippen LogP contribution is -1.99. The minimum Gasteiger partial charge on any atom is -0.457 e. The van der Waals surface area contributed by atoms with Crippen LogP contribution in [0.25, 0.3) is 5.69 Å². The Morgan fingerprint density at radius 1 is 0.512 bits per heavy atom. The molecule has 0 aliphatic rings. The Morgan fingerprint density at radius 3 is 1.63 bits per heavy atom. The molecule has 0 radical (unpaired) electrons. The molecule has 6 rings (SSSR count). The van der Waals surface area contributed by atoms with Crippen molar-refractivity contribution in [2.45, 2.75) is 13.8 Å². The summed E-state index contributed by atoms with van der Waals surface area (Å²) >= 11 is 0. The molecule has 3 heterocycles. The van der Waals surface area contributed by atoms with Crippen LogP contribution in [0.3, 0.4) is 0 Å². The molecule has 0 N–H and O–H groups in total. The third kappa shape index (κ3) is 6.51. The van der Waals surface area contributed by atoms with Gasteiger partial charge in [0.1, 0.15) is 28.7 Å². The molecule has 8 nitrogen and oxygen atoms in total. The molecular weight excluding hydrogens is 516 g/mol. The third-order valence-corrected chi connectivity index (χ3v) is 5.92. The lowest BCUT2D eigenvalue weighted by Gasteiger charge is -2.11. The number of hydrogen-bond donors (Lipinski definition) is 0. The Bertz CT molecular complexity index is 1790. The summed E-state index contributed by atoms with van der Waals surface area (Å²) in [5.74, 6) is 4.33. The minimum absolute atomic E-state index is 0.380. The summed E-state index contributed by atoms with van der Waals surface area (Å²) in [4.78, 5) is 8.68. The average Bonchev–Trinajstić information content (AvgIpc) is 3.32. The zero-order valence-electron chi connectivity index (χ0n) is 22.5. The number of hydrogen-bond acceptors (Lipinski definition) is 7. The lowest BCUT2D eigenvalue weighted by atomic mass is 10.3. The smallest absolute Gasteiger partial charge is 0.222 e. The second kappa shape index (κ2) is 11.6. The maximum Gasteiger partial charge on any atom is 0.222 e. The van der Waals surface area contributed by atoms with Crippen LogP contribution in [0.5, 0.6) is 46.4 Å². The molecule has 41 heavy (non-hydrogen) atoms. The average molecular weight is 543 g/mol. The Morgan fingerprint density at radius 2 is 1.05 bits per heavy atom. The lowest BCUT2D eigenvalue weighted by molar-refractivity contribution is 0.419. The zero-order valence-corrected chi connectivity index (χ0v) is 22.5. The van der Waals surface area contributed by atoms with Gasteiger partial charge in [0.2, 0.25) is 17.6 Å². The molecule has 0 saturated heterocycles. The van der Waals surface area contributed by atoms with Crippen LogP contribution in [0.4, 0.5) is 0 Å². The molecule has 8 heteroatoms. The van der Waals surface area contributed by atoms with E-state index in [9.17, 15) is 0 Å². The first-order chi connectivity index (χ1) is 20.1. The van der Waals surface area contributed by atoms with Crippen molar-refractivity contribution in [2.24, 2.45) is 0 Å². The molecular formula is C33H26N4O4. The SMILES string of the molecule is Cc1cc(C)n(-c2cccc(Oc3cccc(Oc4cccc(Oc5cccc(Oc6ccccn6)c5)n4)c3)c2)n1. The second-order valence-corrected chi connectivity index (χ2v) is 9.18. The van der Waals surface area contributed by atoms with E-state index in [1.807, 2.05) is 110 Å². The molecule has 0 aliphatic heterocycles. The van der Waals surface area contributed by atoms with Gasteiger partial charge in [0, 0.05) is 48.3 Å². The van der Waals surface area contributed by atoms with Gasteiger partial charge in [-0.3, -0.25) is 0 Å². The van der Waals surface area contributed by atoms with Crippen molar-refractivity contribution in [1.82, 2.24) is 19.7 Å². The molecule has 0 spiro atoms. The number of benzene rings is 3. The van der Waals surface area contributed by atoms with E-state index >= 15 is 0 Å². The highest BCUT2D eigenvalue weighted by molar-refractivity contribution is 5.44. The minimum atomic E-state index is 0.380. The maximum absolute atomic E-state index is 6.14. The topological polar surface area (TPSA) is 80.5 Å². The summed E-state index contributed by atoms with van der Waals surface area (Å²) in [6.07, 6.45) is 1.68. The first-order valence-electron chi connectivity index (χ1n) is 13.0. The highest BCUT2D eigenvalue weighted by Gasteiger charge is 2.08. The van der Waals surface area contributed by atoms with Gasteiger partial charge in [-0.2, -0.15) is 10.1 Å². The maximum atomic E-state index is 6.14. The number of ether oxygens (including phenoxy) is 4. The fourth-order valence-electron chi connectivity index (χ4n) is 4.19. The highest BCUT2D eigenvalue weighted by atomic mass is 16.5. The van der Waals surface area contributed by atoms with Crippen LogP contribution < -0.4 is 18.9 Å². The van der Waals surface area contributed by atoms with E-state index in [1.54, 1.807) is 30.5 Å². The molecule has 0 bridgehead atoms. The number of pyridine rings is 2. The second-order valence-electron chi connectivity index (χ2n) is 9.18. The van der Waals surface area contributed by atoms with Gasteiger partial charge in [0.15, 0.2) is 0 Å². The molecule has 6 aromatic rings. The van der Waals surface area contributed by atoms with Gasteiger partial charge in [-0.25, -0.2) is 9.67 Å². The predicted octanol–water partition coefficient (Wildman–Crippen LogP) is 8.45. The summed E-state index contributed by atoms with van der Waals surface area (Å²) in [6, 6.07) is 35.3. The highest BCUT2D eigenvalue weighted by Crippen LogP contribution is 2.31. The molecule has 3 aromatic carbocycles. The van der Waals surface area contributed by atoms with E-state index in [2.05, 4.69) is 15.1 Å².